The first-order valence-corrected chi connectivity index (χ1v) is 12.7. The van der Waals surface area contributed by atoms with Gasteiger partial charge in [0.25, 0.3) is 0 Å². The SMILES string of the molecule is O=C(O)CN1C(=O)C(NC(CCc2ccccc2)C(=O)O)CSCC1c1cccc2ccccc12. The van der Waals surface area contributed by atoms with Crippen LogP contribution in [0, 0.1) is 0 Å². The summed E-state index contributed by atoms with van der Waals surface area (Å²) in [4.78, 5) is 38.8. The Kier molecular flexibility index (Phi) is 8.05. The molecule has 8 heteroatoms. The fraction of sp³-hybridized carbons (Fsp3) is 0.296. The molecule has 3 unspecified atom stereocenters. The summed E-state index contributed by atoms with van der Waals surface area (Å²) >= 11 is 1.53. The molecule has 4 rings (SSSR count). The topological polar surface area (TPSA) is 107 Å². The number of rotatable bonds is 9. The number of nitrogens with zero attached hydrogens (tertiary/aromatic N) is 1. The van der Waals surface area contributed by atoms with Gasteiger partial charge >= 0.3 is 11.9 Å². The van der Waals surface area contributed by atoms with Crippen molar-refractivity contribution in [3.63, 3.8) is 0 Å². The van der Waals surface area contributed by atoms with Gasteiger partial charge in [0.05, 0.1) is 12.1 Å². The third-order valence-corrected chi connectivity index (χ3v) is 7.39. The second kappa shape index (κ2) is 11.4. The number of hydrogen-bond donors (Lipinski definition) is 3. The van der Waals surface area contributed by atoms with Gasteiger partial charge in [-0.05, 0) is 34.7 Å². The molecule has 1 aliphatic heterocycles. The number of carbonyl (C=O) groups excluding carboxylic acids is 1. The fourth-order valence-corrected chi connectivity index (χ4v) is 5.73. The predicted octanol–water partition coefficient (Wildman–Crippen LogP) is 3.59. The van der Waals surface area contributed by atoms with Gasteiger partial charge in [-0.15, -0.1) is 0 Å². The zero-order valence-corrected chi connectivity index (χ0v) is 20.0. The van der Waals surface area contributed by atoms with Crippen LogP contribution in [0.2, 0.25) is 0 Å². The number of carbonyl (C=O) groups is 3. The van der Waals surface area contributed by atoms with Crippen molar-refractivity contribution in [1.29, 1.82) is 0 Å². The van der Waals surface area contributed by atoms with Crippen molar-refractivity contribution >= 4 is 40.4 Å². The number of aryl methyl sites for hydroxylation is 1. The van der Waals surface area contributed by atoms with E-state index in [9.17, 15) is 24.6 Å². The van der Waals surface area contributed by atoms with Crippen LogP contribution in [-0.2, 0) is 20.8 Å². The monoisotopic (exact) mass is 492 g/mol. The van der Waals surface area contributed by atoms with Crippen molar-refractivity contribution in [2.45, 2.75) is 31.0 Å². The molecular weight excluding hydrogens is 464 g/mol. The molecule has 3 aromatic rings. The molecule has 1 aliphatic rings. The van der Waals surface area contributed by atoms with Gasteiger partial charge in [0.15, 0.2) is 0 Å². The van der Waals surface area contributed by atoms with Crippen LogP contribution in [-0.4, -0.2) is 63.1 Å². The summed E-state index contributed by atoms with van der Waals surface area (Å²) in [6.07, 6.45) is 0.871. The van der Waals surface area contributed by atoms with Crippen LogP contribution >= 0.6 is 11.8 Å². The minimum atomic E-state index is -1.10. The van der Waals surface area contributed by atoms with Crippen LogP contribution in [0.3, 0.4) is 0 Å². The molecule has 0 aliphatic carbocycles. The number of nitrogens with one attached hydrogen (secondary N) is 1. The number of fused-ring (bicyclic) bond motifs is 1. The third-order valence-electron chi connectivity index (χ3n) is 6.27. The molecule has 0 radical (unpaired) electrons. The molecule has 1 fully saturated rings. The van der Waals surface area contributed by atoms with Crippen LogP contribution in [0.1, 0.15) is 23.6 Å². The van der Waals surface area contributed by atoms with Gasteiger partial charge in [0.1, 0.15) is 12.6 Å². The quantitative estimate of drug-likeness (QED) is 0.419. The van der Waals surface area contributed by atoms with Crippen LogP contribution in [0.15, 0.2) is 72.8 Å². The largest absolute Gasteiger partial charge is 0.480 e. The van der Waals surface area contributed by atoms with Crippen molar-refractivity contribution in [2.75, 3.05) is 18.1 Å². The van der Waals surface area contributed by atoms with E-state index in [2.05, 4.69) is 5.32 Å². The van der Waals surface area contributed by atoms with Crippen molar-refractivity contribution < 1.29 is 24.6 Å². The predicted molar refractivity (Wildman–Crippen MR) is 136 cm³/mol. The molecule has 1 heterocycles. The lowest BCUT2D eigenvalue weighted by Gasteiger charge is -2.32. The molecular formula is C27H28N2O5S. The van der Waals surface area contributed by atoms with E-state index in [1.165, 1.54) is 16.7 Å². The van der Waals surface area contributed by atoms with Crippen LogP contribution < -0.4 is 5.32 Å². The summed E-state index contributed by atoms with van der Waals surface area (Å²) in [5.41, 5.74) is 1.91. The van der Waals surface area contributed by atoms with Gasteiger partial charge in [-0.3, -0.25) is 19.7 Å². The number of carboxylic acids is 2. The molecule has 3 N–H and O–H groups in total. The second-order valence-corrected chi connectivity index (χ2v) is 9.69. The van der Waals surface area contributed by atoms with Gasteiger partial charge in [0.2, 0.25) is 5.91 Å². The van der Waals surface area contributed by atoms with Crippen LogP contribution in [0.5, 0.6) is 0 Å². The maximum atomic E-state index is 13.6. The van der Waals surface area contributed by atoms with E-state index in [-0.39, 0.29) is 5.91 Å². The van der Waals surface area contributed by atoms with Crippen molar-refractivity contribution in [1.82, 2.24) is 10.2 Å². The average Bonchev–Trinajstić information content (AvgIpc) is 3.00. The first-order valence-electron chi connectivity index (χ1n) is 11.5. The lowest BCUT2D eigenvalue weighted by atomic mass is 9.98. The Bertz CT molecular complexity index is 1200. The highest BCUT2D eigenvalue weighted by Gasteiger charge is 2.37. The Morgan fingerprint density at radius 3 is 2.43 bits per heavy atom. The van der Waals surface area contributed by atoms with Gasteiger partial charge in [-0.25, -0.2) is 0 Å². The summed E-state index contributed by atoms with van der Waals surface area (Å²) in [7, 11) is 0. The lowest BCUT2D eigenvalue weighted by molar-refractivity contribution is -0.147. The number of aliphatic carboxylic acids is 2. The van der Waals surface area contributed by atoms with Gasteiger partial charge < -0.3 is 15.1 Å². The fourth-order valence-electron chi connectivity index (χ4n) is 4.54. The molecule has 3 aromatic carbocycles. The molecule has 0 saturated carbocycles. The Morgan fingerprint density at radius 2 is 1.69 bits per heavy atom. The van der Waals surface area contributed by atoms with E-state index in [0.29, 0.717) is 24.3 Å². The van der Waals surface area contributed by atoms with Gasteiger partial charge in [-0.1, -0.05) is 72.8 Å². The molecule has 1 saturated heterocycles. The molecule has 0 bridgehead atoms. The third kappa shape index (κ3) is 6.01. The normalized spacial score (nSPS) is 19.3. The van der Waals surface area contributed by atoms with E-state index >= 15 is 0 Å². The highest BCUT2D eigenvalue weighted by atomic mass is 32.2. The van der Waals surface area contributed by atoms with E-state index < -0.39 is 36.6 Å². The number of amides is 1. The van der Waals surface area contributed by atoms with Crippen LogP contribution in [0.25, 0.3) is 10.8 Å². The maximum Gasteiger partial charge on any atom is 0.323 e. The molecule has 0 spiro atoms. The summed E-state index contributed by atoms with van der Waals surface area (Å²) in [6.45, 7) is -0.451. The Hall–Kier alpha value is -3.36. The number of benzene rings is 3. The molecule has 182 valence electrons. The Balaban J connectivity index is 1.58. The van der Waals surface area contributed by atoms with E-state index in [1.54, 1.807) is 0 Å². The molecule has 0 aromatic heterocycles. The molecule has 35 heavy (non-hydrogen) atoms. The van der Waals surface area contributed by atoms with Gasteiger partial charge in [-0.2, -0.15) is 11.8 Å². The van der Waals surface area contributed by atoms with E-state index in [4.69, 9.17) is 0 Å². The molecule has 7 nitrogen and oxygen atoms in total. The van der Waals surface area contributed by atoms with E-state index in [1.807, 2.05) is 72.8 Å². The minimum absolute atomic E-state index is 0.319. The summed E-state index contributed by atoms with van der Waals surface area (Å²) in [6, 6.07) is 21.1. The van der Waals surface area contributed by atoms with Crippen molar-refractivity contribution in [2.24, 2.45) is 0 Å². The Morgan fingerprint density at radius 1 is 0.971 bits per heavy atom. The van der Waals surface area contributed by atoms with E-state index in [0.717, 1.165) is 21.9 Å². The summed E-state index contributed by atoms with van der Waals surface area (Å²) < 4.78 is 0. The van der Waals surface area contributed by atoms with Crippen LogP contribution in [0.4, 0.5) is 0 Å². The molecule has 1 amide bonds. The highest BCUT2D eigenvalue weighted by Crippen LogP contribution is 2.34. The van der Waals surface area contributed by atoms with Crippen molar-refractivity contribution in [3.05, 3.63) is 83.9 Å². The maximum absolute atomic E-state index is 13.6. The average molecular weight is 493 g/mol. The lowest BCUT2D eigenvalue weighted by Crippen LogP contribution is -2.53. The zero-order valence-electron chi connectivity index (χ0n) is 19.2. The first kappa shape index (κ1) is 24.8. The summed E-state index contributed by atoms with van der Waals surface area (Å²) in [5.74, 6) is -1.63. The second-order valence-electron chi connectivity index (χ2n) is 8.62. The van der Waals surface area contributed by atoms with Gasteiger partial charge in [0, 0.05) is 11.5 Å². The number of thioether (sulfide) groups is 1. The summed E-state index contributed by atoms with van der Waals surface area (Å²) in [5, 5.41) is 24.4. The van der Waals surface area contributed by atoms with Crippen molar-refractivity contribution in [3.8, 4) is 0 Å². The Labute approximate surface area is 208 Å². The minimum Gasteiger partial charge on any atom is -0.480 e. The first-order chi connectivity index (χ1) is 16.9. The number of carboxylic acid groups (broad SMARTS) is 2. The standard InChI is InChI=1S/C27H28N2O5S/c30-25(31)15-29-24(21-12-6-10-19-9-4-5-11-20(19)21)17-35-16-23(26(29)32)28-22(27(33)34)14-13-18-7-2-1-3-8-18/h1-12,22-24,28H,13-17H2,(H,30,31)(H,33,34). The molecule has 3 atom stereocenters. The number of hydrogen-bond acceptors (Lipinski definition) is 5. The smallest absolute Gasteiger partial charge is 0.323 e. The highest BCUT2D eigenvalue weighted by molar-refractivity contribution is 7.99. The zero-order chi connectivity index (χ0) is 24.8.